The average Bonchev–Trinajstić information content (AvgIpc) is 3.04. The maximum atomic E-state index is 13.3. The summed E-state index contributed by atoms with van der Waals surface area (Å²) in [5.41, 5.74) is 3.51. The molecule has 0 saturated carbocycles. The number of anilines is 1. The highest BCUT2D eigenvalue weighted by molar-refractivity contribution is 9.10. The Morgan fingerprint density at radius 2 is 1.81 bits per heavy atom. The van der Waals surface area contributed by atoms with E-state index < -0.39 is 28.3 Å². The van der Waals surface area contributed by atoms with Gasteiger partial charge in [0.05, 0.1) is 21.3 Å². The Bertz CT molecular complexity index is 1190. The molecule has 0 fully saturated rings. The number of hydrazone groups is 1. The number of aryl methyl sites for hydroxylation is 2. The summed E-state index contributed by atoms with van der Waals surface area (Å²) in [6.45, 7) is 3.10. The Kier molecular flexibility index (Phi) is 6.91. The van der Waals surface area contributed by atoms with Crippen LogP contribution in [0.2, 0.25) is 0 Å². The van der Waals surface area contributed by atoms with Crippen molar-refractivity contribution in [2.24, 2.45) is 5.10 Å². The quantitative estimate of drug-likeness (QED) is 0.384. The Labute approximate surface area is 187 Å². The normalized spacial score (nSPS) is 11.6. The topological polar surface area (TPSA) is 92.0 Å². The van der Waals surface area contributed by atoms with Crippen LogP contribution >= 0.6 is 15.9 Å². The minimum absolute atomic E-state index is 0.137. The van der Waals surface area contributed by atoms with Crippen LogP contribution < -0.4 is 9.73 Å². The number of amides is 1. The van der Waals surface area contributed by atoms with Gasteiger partial charge in [-0.25, -0.2) is 18.2 Å². The van der Waals surface area contributed by atoms with Gasteiger partial charge < -0.3 is 4.42 Å². The van der Waals surface area contributed by atoms with Gasteiger partial charge in [0.25, 0.3) is 15.9 Å². The molecule has 31 heavy (non-hydrogen) atoms. The van der Waals surface area contributed by atoms with Crippen LogP contribution in [0.5, 0.6) is 0 Å². The third-order valence-electron chi connectivity index (χ3n) is 4.27. The molecule has 1 amide bonds. The van der Waals surface area contributed by atoms with E-state index in [0.717, 1.165) is 38.6 Å². The van der Waals surface area contributed by atoms with Gasteiger partial charge in [-0.2, -0.15) is 5.10 Å². The van der Waals surface area contributed by atoms with Crippen molar-refractivity contribution in [3.63, 3.8) is 0 Å². The fourth-order valence-electron chi connectivity index (χ4n) is 2.64. The molecule has 1 N–H and O–H groups in total. The zero-order valence-electron chi connectivity index (χ0n) is 16.7. The van der Waals surface area contributed by atoms with Crippen molar-refractivity contribution in [1.29, 1.82) is 0 Å². The van der Waals surface area contributed by atoms with E-state index in [0.29, 0.717) is 17.2 Å². The summed E-state index contributed by atoms with van der Waals surface area (Å²) in [5, 5.41) is 3.81. The summed E-state index contributed by atoms with van der Waals surface area (Å²) in [6.07, 6.45) is 1.31. The molecule has 0 aliphatic heterocycles. The standard InChI is InChI=1S/C21H19BrFN3O4S/c1-14-3-7-17(8-4-14)26(31(28,29)19-9-5-16(23)6-10-19)13-21(27)25-24-12-18-11-20(22)15(2)30-18/h3-12H,13H2,1-2H3,(H,25,27)/b24-12-. The summed E-state index contributed by atoms with van der Waals surface area (Å²) in [4.78, 5) is 12.3. The number of hydrogen-bond donors (Lipinski definition) is 1. The fraction of sp³-hybridized carbons (Fsp3) is 0.143. The van der Waals surface area contributed by atoms with Gasteiger partial charge in [0.2, 0.25) is 0 Å². The van der Waals surface area contributed by atoms with Gasteiger partial charge in [0, 0.05) is 6.07 Å². The number of halogens is 2. The molecule has 0 unspecified atom stereocenters. The fourth-order valence-corrected chi connectivity index (χ4v) is 4.37. The molecule has 10 heteroatoms. The van der Waals surface area contributed by atoms with Crippen LogP contribution in [0, 0.1) is 19.7 Å². The molecule has 162 valence electrons. The van der Waals surface area contributed by atoms with Gasteiger partial charge in [-0.3, -0.25) is 9.10 Å². The van der Waals surface area contributed by atoms with Crippen molar-refractivity contribution in [3.05, 3.63) is 82.0 Å². The first-order valence-corrected chi connectivity index (χ1v) is 11.3. The average molecular weight is 508 g/mol. The highest BCUT2D eigenvalue weighted by Gasteiger charge is 2.27. The molecule has 0 aliphatic rings. The Morgan fingerprint density at radius 3 is 2.39 bits per heavy atom. The number of sulfonamides is 1. The SMILES string of the molecule is Cc1ccc(N(CC(=O)N/N=C\c2cc(Br)c(C)o2)S(=O)(=O)c2ccc(F)cc2)cc1. The van der Waals surface area contributed by atoms with Crippen molar-refractivity contribution < 1.29 is 22.0 Å². The van der Waals surface area contributed by atoms with Crippen molar-refractivity contribution in [2.75, 3.05) is 10.8 Å². The van der Waals surface area contributed by atoms with Crippen LogP contribution in [0.15, 0.2) is 73.5 Å². The van der Waals surface area contributed by atoms with Gasteiger partial charge >= 0.3 is 0 Å². The monoisotopic (exact) mass is 507 g/mol. The third kappa shape index (κ3) is 5.59. The van der Waals surface area contributed by atoms with E-state index in [1.165, 1.54) is 6.21 Å². The van der Waals surface area contributed by atoms with E-state index in [2.05, 4.69) is 26.5 Å². The molecule has 7 nitrogen and oxygen atoms in total. The number of hydrogen-bond acceptors (Lipinski definition) is 5. The molecule has 0 saturated heterocycles. The first kappa shape index (κ1) is 22.7. The predicted molar refractivity (Wildman–Crippen MR) is 119 cm³/mol. The number of benzene rings is 2. The van der Waals surface area contributed by atoms with Crippen LogP contribution in [-0.4, -0.2) is 27.1 Å². The molecule has 1 heterocycles. The maximum Gasteiger partial charge on any atom is 0.264 e. The van der Waals surface area contributed by atoms with Crippen LogP contribution in [0.1, 0.15) is 17.1 Å². The lowest BCUT2D eigenvalue weighted by Crippen LogP contribution is -2.39. The number of nitrogens with one attached hydrogen (secondary N) is 1. The van der Waals surface area contributed by atoms with E-state index in [4.69, 9.17) is 4.42 Å². The lowest BCUT2D eigenvalue weighted by Gasteiger charge is -2.23. The van der Waals surface area contributed by atoms with Crippen molar-refractivity contribution in [2.45, 2.75) is 18.7 Å². The van der Waals surface area contributed by atoms with Gasteiger partial charge in [-0.1, -0.05) is 17.7 Å². The van der Waals surface area contributed by atoms with Crippen LogP contribution in [0.3, 0.4) is 0 Å². The third-order valence-corrected chi connectivity index (χ3v) is 6.84. The molecular weight excluding hydrogens is 489 g/mol. The molecule has 0 radical (unpaired) electrons. The largest absolute Gasteiger partial charge is 0.459 e. The Morgan fingerprint density at radius 1 is 1.16 bits per heavy atom. The number of carbonyl (C=O) groups is 1. The number of carbonyl (C=O) groups excluding carboxylic acids is 1. The molecule has 2 aromatic carbocycles. The molecule has 0 atom stereocenters. The second-order valence-corrected chi connectivity index (χ2v) is 9.36. The van der Waals surface area contributed by atoms with E-state index in [9.17, 15) is 17.6 Å². The van der Waals surface area contributed by atoms with Gasteiger partial charge in [-0.15, -0.1) is 0 Å². The Balaban J connectivity index is 1.83. The van der Waals surface area contributed by atoms with Gasteiger partial charge in [-0.05, 0) is 66.2 Å². The van der Waals surface area contributed by atoms with Gasteiger partial charge in [0.15, 0.2) is 0 Å². The van der Waals surface area contributed by atoms with Crippen molar-refractivity contribution >= 4 is 43.8 Å². The molecule has 3 aromatic rings. The lowest BCUT2D eigenvalue weighted by molar-refractivity contribution is -0.119. The number of furan rings is 1. The first-order valence-electron chi connectivity index (χ1n) is 9.09. The molecule has 1 aromatic heterocycles. The molecule has 0 spiro atoms. The van der Waals surface area contributed by atoms with Crippen molar-refractivity contribution in [1.82, 2.24) is 5.43 Å². The summed E-state index contributed by atoms with van der Waals surface area (Å²) in [6, 6.07) is 12.7. The van der Waals surface area contributed by atoms with E-state index in [1.54, 1.807) is 37.3 Å². The molecular formula is C21H19BrFN3O4S. The molecule has 0 aliphatic carbocycles. The van der Waals surface area contributed by atoms with Crippen molar-refractivity contribution in [3.8, 4) is 0 Å². The minimum atomic E-state index is -4.13. The Hall–Kier alpha value is -2.98. The van der Waals surface area contributed by atoms with Crippen LogP contribution in [-0.2, 0) is 14.8 Å². The number of rotatable bonds is 7. The van der Waals surface area contributed by atoms with Crippen LogP contribution in [0.4, 0.5) is 10.1 Å². The zero-order valence-corrected chi connectivity index (χ0v) is 19.1. The second-order valence-electron chi connectivity index (χ2n) is 6.65. The van der Waals surface area contributed by atoms with Gasteiger partial charge in [0.1, 0.15) is 23.9 Å². The highest BCUT2D eigenvalue weighted by atomic mass is 79.9. The summed E-state index contributed by atoms with van der Waals surface area (Å²) >= 11 is 3.31. The number of nitrogens with zero attached hydrogens (tertiary/aromatic N) is 2. The minimum Gasteiger partial charge on any atom is -0.459 e. The predicted octanol–water partition coefficient (Wildman–Crippen LogP) is 4.14. The summed E-state index contributed by atoms with van der Waals surface area (Å²) in [7, 11) is -4.13. The lowest BCUT2D eigenvalue weighted by atomic mass is 10.2. The smallest absolute Gasteiger partial charge is 0.264 e. The van der Waals surface area contributed by atoms with E-state index in [1.807, 2.05) is 6.92 Å². The zero-order chi connectivity index (χ0) is 22.6. The van der Waals surface area contributed by atoms with Crippen LogP contribution in [0.25, 0.3) is 0 Å². The summed E-state index contributed by atoms with van der Waals surface area (Å²) in [5.74, 6) is -0.153. The highest BCUT2D eigenvalue weighted by Crippen LogP contribution is 2.24. The molecule has 3 rings (SSSR count). The molecule has 0 bridgehead atoms. The van der Waals surface area contributed by atoms with E-state index >= 15 is 0 Å². The van der Waals surface area contributed by atoms with E-state index in [-0.39, 0.29) is 4.90 Å². The summed E-state index contributed by atoms with van der Waals surface area (Å²) < 4.78 is 46.7. The maximum absolute atomic E-state index is 13.3. The first-order chi connectivity index (χ1) is 14.7. The second kappa shape index (κ2) is 9.44.